The largest absolute Gasteiger partial charge is 0.497 e. The maximum atomic E-state index is 12.8. The van der Waals surface area contributed by atoms with Crippen molar-refractivity contribution >= 4 is 17.7 Å². The third kappa shape index (κ3) is 5.23. The molecule has 2 heterocycles. The molecule has 1 amide bonds. The molecule has 158 valence electrons. The van der Waals surface area contributed by atoms with Gasteiger partial charge in [0.1, 0.15) is 18.1 Å². The number of rotatable bonds is 8. The lowest BCUT2D eigenvalue weighted by molar-refractivity contribution is -0.134. The van der Waals surface area contributed by atoms with E-state index in [9.17, 15) is 4.79 Å². The smallest absolute Gasteiger partial charge is 0.233 e. The van der Waals surface area contributed by atoms with Crippen LogP contribution < -0.4 is 9.47 Å². The summed E-state index contributed by atoms with van der Waals surface area (Å²) in [5.41, 5.74) is 0. The number of aromatic nitrogens is 3. The van der Waals surface area contributed by atoms with E-state index in [1.165, 1.54) is 18.2 Å². The minimum atomic E-state index is 0.175. The average molecular weight is 419 g/mol. The van der Waals surface area contributed by atoms with Crippen molar-refractivity contribution in [3.05, 3.63) is 30.1 Å². The van der Waals surface area contributed by atoms with Crippen molar-refractivity contribution in [2.24, 2.45) is 0 Å². The Hall–Kier alpha value is -2.22. The number of likely N-dealkylation sites (tertiary alicyclic amines) is 1. The zero-order valence-electron chi connectivity index (χ0n) is 17.6. The van der Waals surface area contributed by atoms with Gasteiger partial charge in [-0.15, -0.1) is 10.2 Å². The van der Waals surface area contributed by atoms with Crippen LogP contribution in [0.4, 0.5) is 0 Å². The normalized spacial score (nSPS) is 19.2. The molecule has 1 aromatic heterocycles. The first-order valence-electron chi connectivity index (χ1n) is 10.2. The highest BCUT2D eigenvalue weighted by atomic mass is 32.2. The number of carbonyl (C=O) groups excluding carboxylic acids is 1. The van der Waals surface area contributed by atoms with Crippen molar-refractivity contribution in [1.29, 1.82) is 0 Å². The van der Waals surface area contributed by atoms with Gasteiger partial charge in [0.05, 0.1) is 12.9 Å². The van der Waals surface area contributed by atoms with E-state index in [1.54, 1.807) is 7.11 Å². The summed E-state index contributed by atoms with van der Waals surface area (Å²) in [6.07, 6.45) is 3.36. The molecule has 1 saturated heterocycles. The van der Waals surface area contributed by atoms with Gasteiger partial charge >= 0.3 is 0 Å². The average Bonchev–Trinajstić information content (AvgIpc) is 3.12. The highest BCUT2D eigenvalue weighted by Gasteiger charge is 2.29. The molecule has 1 aromatic carbocycles. The van der Waals surface area contributed by atoms with Crippen molar-refractivity contribution in [3.8, 4) is 11.5 Å². The fourth-order valence-electron chi connectivity index (χ4n) is 3.80. The van der Waals surface area contributed by atoms with Gasteiger partial charge in [0, 0.05) is 24.7 Å². The van der Waals surface area contributed by atoms with Gasteiger partial charge in [-0.2, -0.15) is 0 Å². The molecule has 0 saturated carbocycles. The van der Waals surface area contributed by atoms with Crippen molar-refractivity contribution in [3.63, 3.8) is 0 Å². The first kappa shape index (κ1) is 21.5. The minimum absolute atomic E-state index is 0.175. The SMILES string of the molecule is CCn1c(COc2cccc(OC)c2)nnc1SCC(=O)N1[C@H](C)CCC[C@H]1C. The second-order valence-electron chi connectivity index (χ2n) is 7.33. The summed E-state index contributed by atoms with van der Waals surface area (Å²) in [5.74, 6) is 2.76. The Labute approximate surface area is 176 Å². The van der Waals surface area contributed by atoms with Crippen LogP contribution in [0, 0.1) is 0 Å². The summed E-state index contributed by atoms with van der Waals surface area (Å²) in [6.45, 7) is 7.35. The lowest BCUT2D eigenvalue weighted by Gasteiger charge is -2.39. The van der Waals surface area contributed by atoms with Crippen molar-refractivity contribution < 1.29 is 14.3 Å². The molecule has 29 heavy (non-hydrogen) atoms. The predicted molar refractivity (Wildman–Crippen MR) is 113 cm³/mol. The van der Waals surface area contributed by atoms with Crippen LogP contribution in [0.3, 0.4) is 0 Å². The molecule has 0 N–H and O–H groups in total. The Bertz CT molecular complexity index is 816. The molecule has 8 heteroatoms. The summed E-state index contributed by atoms with van der Waals surface area (Å²) >= 11 is 1.45. The number of nitrogens with zero attached hydrogens (tertiary/aromatic N) is 4. The highest BCUT2D eigenvalue weighted by molar-refractivity contribution is 7.99. The zero-order valence-corrected chi connectivity index (χ0v) is 18.4. The van der Waals surface area contributed by atoms with Crippen LogP contribution in [0.2, 0.25) is 0 Å². The monoisotopic (exact) mass is 418 g/mol. The molecule has 0 unspecified atom stereocenters. The van der Waals surface area contributed by atoms with E-state index in [0.29, 0.717) is 30.2 Å². The summed E-state index contributed by atoms with van der Waals surface area (Å²) in [7, 11) is 1.63. The first-order chi connectivity index (χ1) is 14.0. The van der Waals surface area contributed by atoms with E-state index in [0.717, 1.165) is 36.1 Å². The standard InChI is InChI=1S/C21H30N4O3S/c1-5-24-19(13-28-18-11-7-10-17(12-18)27-4)22-23-21(24)29-14-20(26)25-15(2)8-6-9-16(25)3/h7,10-12,15-16H,5-6,8-9,13-14H2,1-4H3/t15-,16-/m1/s1. The van der Waals surface area contributed by atoms with Gasteiger partial charge < -0.3 is 18.9 Å². The van der Waals surface area contributed by atoms with Crippen LogP contribution in [0.5, 0.6) is 11.5 Å². The van der Waals surface area contributed by atoms with E-state index in [2.05, 4.69) is 24.0 Å². The lowest BCUT2D eigenvalue weighted by Crippen LogP contribution is -2.48. The van der Waals surface area contributed by atoms with Gasteiger partial charge in [0.25, 0.3) is 0 Å². The molecule has 0 radical (unpaired) electrons. The van der Waals surface area contributed by atoms with Gasteiger partial charge in [0.15, 0.2) is 11.0 Å². The second-order valence-corrected chi connectivity index (χ2v) is 8.27. The van der Waals surface area contributed by atoms with Crippen LogP contribution in [0.25, 0.3) is 0 Å². The predicted octanol–water partition coefficient (Wildman–Crippen LogP) is 3.77. The molecule has 0 spiro atoms. The number of thioether (sulfide) groups is 1. The van der Waals surface area contributed by atoms with Gasteiger partial charge in [-0.25, -0.2) is 0 Å². The van der Waals surface area contributed by atoms with Gasteiger partial charge in [0.2, 0.25) is 5.91 Å². The van der Waals surface area contributed by atoms with Crippen LogP contribution in [0.1, 0.15) is 45.9 Å². The van der Waals surface area contributed by atoms with E-state index in [4.69, 9.17) is 9.47 Å². The Morgan fingerprint density at radius 2 is 1.93 bits per heavy atom. The third-order valence-corrected chi connectivity index (χ3v) is 6.28. The van der Waals surface area contributed by atoms with Gasteiger partial charge in [-0.05, 0) is 52.2 Å². The molecule has 2 atom stereocenters. The molecule has 1 aliphatic heterocycles. The van der Waals surface area contributed by atoms with Crippen LogP contribution >= 0.6 is 11.8 Å². The van der Waals surface area contributed by atoms with Gasteiger partial charge in [-0.3, -0.25) is 4.79 Å². The molecule has 2 aromatic rings. The Kier molecular flexibility index (Phi) is 7.41. The van der Waals surface area contributed by atoms with E-state index >= 15 is 0 Å². The summed E-state index contributed by atoms with van der Waals surface area (Å²) in [6, 6.07) is 8.09. The minimum Gasteiger partial charge on any atom is -0.497 e. The number of hydrogen-bond donors (Lipinski definition) is 0. The highest BCUT2D eigenvalue weighted by Crippen LogP contribution is 2.25. The maximum absolute atomic E-state index is 12.8. The van der Waals surface area contributed by atoms with Crippen molar-refractivity contribution in [1.82, 2.24) is 19.7 Å². The van der Waals surface area contributed by atoms with Crippen molar-refractivity contribution in [2.75, 3.05) is 12.9 Å². The van der Waals surface area contributed by atoms with Gasteiger partial charge in [-0.1, -0.05) is 17.8 Å². The molecule has 0 aliphatic carbocycles. The zero-order chi connectivity index (χ0) is 20.8. The molecule has 0 bridgehead atoms. The summed E-state index contributed by atoms with van der Waals surface area (Å²) in [5, 5.41) is 9.32. The number of carbonyl (C=O) groups is 1. The van der Waals surface area contributed by atoms with Crippen LogP contribution in [-0.2, 0) is 17.9 Å². The van der Waals surface area contributed by atoms with Crippen LogP contribution in [-0.4, -0.2) is 50.5 Å². The molecule has 1 aliphatic rings. The van der Waals surface area contributed by atoms with Crippen molar-refractivity contribution in [2.45, 2.75) is 70.4 Å². The number of amides is 1. The molecular weight excluding hydrogens is 388 g/mol. The fourth-order valence-corrected chi connectivity index (χ4v) is 4.69. The summed E-state index contributed by atoms with van der Waals surface area (Å²) < 4.78 is 13.1. The number of piperidine rings is 1. The number of hydrogen-bond acceptors (Lipinski definition) is 6. The molecular formula is C21H30N4O3S. The number of ether oxygens (including phenoxy) is 2. The topological polar surface area (TPSA) is 69.5 Å². The van der Waals surface area contributed by atoms with E-state index in [-0.39, 0.29) is 5.91 Å². The van der Waals surface area contributed by atoms with E-state index in [1.807, 2.05) is 40.7 Å². The summed E-state index contributed by atoms with van der Waals surface area (Å²) in [4.78, 5) is 14.8. The molecule has 7 nitrogen and oxygen atoms in total. The quantitative estimate of drug-likeness (QED) is 0.608. The maximum Gasteiger partial charge on any atom is 0.233 e. The molecule has 3 rings (SSSR count). The van der Waals surface area contributed by atoms with E-state index < -0.39 is 0 Å². The fraction of sp³-hybridized carbons (Fsp3) is 0.571. The van der Waals surface area contributed by atoms with Crippen LogP contribution in [0.15, 0.2) is 29.4 Å². The Morgan fingerprint density at radius 1 is 1.21 bits per heavy atom. The Balaban J connectivity index is 1.61. The molecule has 1 fully saturated rings. The Morgan fingerprint density at radius 3 is 2.62 bits per heavy atom. The number of methoxy groups -OCH3 is 1. The lowest BCUT2D eigenvalue weighted by atomic mass is 9.98. The first-order valence-corrected chi connectivity index (χ1v) is 11.1. The number of benzene rings is 1. The second kappa shape index (κ2) is 10.0. The third-order valence-electron chi connectivity index (χ3n) is 5.33.